The van der Waals surface area contributed by atoms with Gasteiger partial charge in [-0.05, 0) is 109 Å². The van der Waals surface area contributed by atoms with Gasteiger partial charge in [-0.3, -0.25) is 14.4 Å². The van der Waals surface area contributed by atoms with E-state index in [-0.39, 0.29) is 37.5 Å². The van der Waals surface area contributed by atoms with Crippen LogP contribution < -0.4 is 0 Å². The zero-order valence-corrected chi connectivity index (χ0v) is 39.8. The number of unbranched alkanes of at least 4 members (excludes halogenated alkanes) is 14. The lowest BCUT2D eigenvalue weighted by atomic mass is 10.1. The van der Waals surface area contributed by atoms with Gasteiger partial charge in [0.15, 0.2) is 6.10 Å². The fourth-order valence-electron chi connectivity index (χ4n) is 6.32. The summed E-state index contributed by atoms with van der Waals surface area (Å²) in [7, 11) is 0. The van der Waals surface area contributed by atoms with Crippen molar-refractivity contribution in [3.8, 4) is 0 Å². The van der Waals surface area contributed by atoms with Crippen LogP contribution in [0.5, 0.6) is 0 Å². The summed E-state index contributed by atoms with van der Waals surface area (Å²) in [5.74, 6) is -1.06. The van der Waals surface area contributed by atoms with Gasteiger partial charge in [-0.25, -0.2) is 0 Å². The van der Waals surface area contributed by atoms with Crippen molar-refractivity contribution < 1.29 is 28.6 Å². The summed E-state index contributed by atoms with van der Waals surface area (Å²) < 4.78 is 16.7. The first-order chi connectivity index (χ1) is 30.5. The van der Waals surface area contributed by atoms with Crippen LogP contribution in [-0.2, 0) is 28.6 Å². The molecule has 0 radical (unpaired) electrons. The second-order valence-corrected chi connectivity index (χ2v) is 16.0. The third-order valence-corrected chi connectivity index (χ3v) is 10.0. The van der Waals surface area contributed by atoms with Crippen LogP contribution in [-0.4, -0.2) is 37.2 Å². The zero-order valence-electron chi connectivity index (χ0n) is 39.8. The van der Waals surface area contributed by atoms with E-state index in [1.807, 2.05) is 12.2 Å². The first kappa shape index (κ1) is 58.1. The van der Waals surface area contributed by atoms with Gasteiger partial charge in [-0.15, -0.1) is 0 Å². The van der Waals surface area contributed by atoms with E-state index in [2.05, 4.69) is 118 Å². The van der Waals surface area contributed by atoms with E-state index in [0.717, 1.165) is 96.3 Å². The fourth-order valence-corrected chi connectivity index (χ4v) is 6.32. The molecule has 0 aliphatic carbocycles. The highest BCUT2D eigenvalue weighted by Crippen LogP contribution is 2.12. The van der Waals surface area contributed by atoms with Crippen molar-refractivity contribution in [1.29, 1.82) is 0 Å². The Labute approximate surface area is 380 Å². The van der Waals surface area contributed by atoms with Gasteiger partial charge < -0.3 is 14.2 Å². The first-order valence-corrected chi connectivity index (χ1v) is 24.9. The van der Waals surface area contributed by atoms with Crippen LogP contribution >= 0.6 is 0 Å². The van der Waals surface area contributed by atoms with Crippen LogP contribution in [0.4, 0.5) is 0 Å². The Bertz CT molecular complexity index is 1310. The molecule has 0 aromatic rings. The molecule has 0 fully saturated rings. The lowest BCUT2D eigenvalue weighted by Crippen LogP contribution is -2.30. The molecule has 1 unspecified atom stereocenters. The quantitative estimate of drug-likeness (QED) is 0.0263. The summed E-state index contributed by atoms with van der Waals surface area (Å²) in [4.78, 5) is 37.9. The van der Waals surface area contributed by atoms with Gasteiger partial charge in [0.05, 0.1) is 0 Å². The van der Waals surface area contributed by atoms with Crippen molar-refractivity contribution in [3.05, 3.63) is 109 Å². The standard InChI is InChI=1S/C56H90O6/c1-4-7-10-13-16-19-22-25-27-29-31-34-37-40-43-46-49-55(58)61-52-53(51-60-54(57)48-45-42-39-36-33-24-21-18-15-12-9-6-3)62-56(59)50-47-44-41-38-35-32-30-28-26-23-20-17-14-11-8-5-2/h7,9-10,12,16,18-19,21,25,27-28,30-31,33-34,36,40,43,53H,4-6,8,11,13-15,17,20,22-24,26,29,32,35,37-39,41-42,44-52H2,1-3H3/b10-7-,12-9-,19-16-,21-18-,27-25-,30-28-,34-31-,36-33-,43-40-. The molecule has 6 heteroatoms. The molecule has 0 aliphatic rings. The minimum Gasteiger partial charge on any atom is -0.462 e. The molecular weight excluding hydrogens is 769 g/mol. The van der Waals surface area contributed by atoms with E-state index in [1.54, 1.807) is 0 Å². The van der Waals surface area contributed by atoms with E-state index in [0.29, 0.717) is 25.7 Å². The highest BCUT2D eigenvalue weighted by Gasteiger charge is 2.19. The molecule has 1 atom stereocenters. The zero-order chi connectivity index (χ0) is 45.1. The predicted molar refractivity (Wildman–Crippen MR) is 265 cm³/mol. The van der Waals surface area contributed by atoms with E-state index in [1.165, 1.54) is 57.8 Å². The van der Waals surface area contributed by atoms with Crippen molar-refractivity contribution in [1.82, 2.24) is 0 Å². The van der Waals surface area contributed by atoms with Crippen LogP contribution in [0.1, 0.15) is 207 Å². The van der Waals surface area contributed by atoms with Crippen LogP contribution in [0, 0.1) is 0 Å². The largest absolute Gasteiger partial charge is 0.462 e. The Morgan fingerprint density at radius 3 is 1.13 bits per heavy atom. The molecule has 0 saturated heterocycles. The van der Waals surface area contributed by atoms with Gasteiger partial charge in [-0.1, -0.05) is 188 Å². The van der Waals surface area contributed by atoms with Crippen LogP contribution in [0.2, 0.25) is 0 Å². The Morgan fingerprint density at radius 1 is 0.339 bits per heavy atom. The fraction of sp³-hybridized carbons (Fsp3) is 0.625. The molecule has 0 aromatic carbocycles. The van der Waals surface area contributed by atoms with Gasteiger partial charge >= 0.3 is 17.9 Å². The molecular formula is C56H90O6. The maximum atomic E-state index is 12.8. The lowest BCUT2D eigenvalue weighted by molar-refractivity contribution is -0.166. The maximum Gasteiger partial charge on any atom is 0.306 e. The number of allylic oxidation sites excluding steroid dienone is 18. The highest BCUT2D eigenvalue weighted by atomic mass is 16.6. The van der Waals surface area contributed by atoms with E-state index >= 15 is 0 Å². The molecule has 0 bridgehead atoms. The summed E-state index contributed by atoms with van der Waals surface area (Å²) in [5, 5.41) is 0. The summed E-state index contributed by atoms with van der Waals surface area (Å²) in [5.41, 5.74) is 0. The highest BCUT2D eigenvalue weighted by molar-refractivity contribution is 5.71. The van der Waals surface area contributed by atoms with E-state index < -0.39 is 6.10 Å². The molecule has 0 rings (SSSR count). The predicted octanol–water partition coefficient (Wildman–Crippen LogP) is 16.4. The monoisotopic (exact) mass is 859 g/mol. The lowest BCUT2D eigenvalue weighted by Gasteiger charge is -2.18. The SMILES string of the molecule is CC/C=C\C/C=C\C/C=C\C/C=C\C/C=C\CCC(=O)OCC(COC(=O)CCCC/C=C\C/C=C\C/C=C\CC)OC(=O)CCCCCCC/C=C\CCCCCCCCC. The summed E-state index contributed by atoms with van der Waals surface area (Å²) in [6.45, 7) is 6.28. The number of ether oxygens (including phenoxy) is 3. The molecule has 6 nitrogen and oxygen atoms in total. The topological polar surface area (TPSA) is 78.9 Å². The molecule has 0 amide bonds. The summed E-state index contributed by atoms with van der Waals surface area (Å²) in [6, 6.07) is 0. The second kappa shape index (κ2) is 49.7. The second-order valence-electron chi connectivity index (χ2n) is 16.0. The van der Waals surface area contributed by atoms with E-state index in [4.69, 9.17) is 14.2 Å². The number of rotatable bonds is 43. The van der Waals surface area contributed by atoms with Gasteiger partial charge in [0.25, 0.3) is 0 Å². The molecule has 0 aliphatic heterocycles. The van der Waals surface area contributed by atoms with Gasteiger partial charge in [-0.2, -0.15) is 0 Å². The molecule has 0 N–H and O–H groups in total. The summed E-state index contributed by atoms with van der Waals surface area (Å²) >= 11 is 0. The Hall–Kier alpha value is -3.93. The van der Waals surface area contributed by atoms with Crippen LogP contribution in [0.3, 0.4) is 0 Å². The number of carbonyl (C=O) groups is 3. The van der Waals surface area contributed by atoms with E-state index in [9.17, 15) is 14.4 Å². The Kier molecular flexibility index (Phi) is 46.6. The first-order valence-electron chi connectivity index (χ1n) is 24.9. The Balaban J connectivity index is 4.56. The van der Waals surface area contributed by atoms with Crippen LogP contribution in [0.15, 0.2) is 109 Å². The molecule has 62 heavy (non-hydrogen) atoms. The smallest absolute Gasteiger partial charge is 0.306 e. The number of hydrogen-bond acceptors (Lipinski definition) is 6. The third kappa shape index (κ3) is 47.1. The minimum atomic E-state index is -0.828. The molecule has 0 spiro atoms. The number of carbonyl (C=O) groups excluding carboxylic acids is 3. The maximum absolute atomic E-state index is 12.8. The number of esters is 3. The molecule has 0 heterocycles. The number of hydrogen-bond donors (Lipinski definition) is 0. The van der Waals surface area contributed by atoms with Gasteiger partial charge in [0, 0.05) is 19.3 Å². The normalized spacial score (nSPS) is 13.0. The van der Waals surface area contributed by atoms with Crippen molar-refractivity contribution in [2.45, 2.75) is 213 Å². The van der Waals surface area contributed by atoms with Gasteiger partial charge in [0.1, 0.15) is 13.2 Å². The van der Waals surface area contributed by atoms with Gasteiger partial charge in [0.2, 0.25) is 0 Å². The van der Waals surface area contributed by atoms with Crippen LogP contribution in [0.25, 0.3) is 0 Å². The third-order valence-electron chi connectivity index (χ3n) is 10.0. The van der Waals surface area contributed by atoms with Crippen molar-refractivity contribution in [2.24, 2.45) is 0 Å². The average molecular weight is 859 g/mol. The minimum absolute atomic E-state index is 0.126. The molecule has 350 valence electrons. The van der Waals surface area contributed by atoms with Crippen molar-refractivity contribution in [3.63, 3.8) is 0 Å². The summed E-state index contributed by atoms with van der Waals surface area (Å²) in [6.07, 6.45) is 66.6. The average Bonchev–Trinajstić information content (AvgIpc) is 3.27. The molecule has 0 aromatic heterocycles. The molecule has 0 saturated carbocycles. The van der Waals surface area contributed by atoms with Crippen molar-refractivity contribution >= 4 is 17.9 Å². The Morgan fingerprint density at radius 2 is 0.661 bits per heavy atom. The van der Waals surface area contributed by atoms with Crippen molar-refractivity contribution in [2.75, 3.05) is 13.2 Å².